The Balaban J connectivity index is 1.70. The Kier molecular flexibility index (Phi) is 3.42. The summed E-state index contributed by atoms with van der Waals surface area (Å²) in [4.78, 5) is 9.47. The van der Waals surface area contributed by atoms with Gasteiger partial charge in [0, 0.05) is 11.6 Å². The number of benzene rings is 2. The molecule has 0 saturated carbocycles. The lowest BCUT2D eigenvalue weighted by atomic mass is 10.1. The van der Waals surface area contributed by atoms with Crippen molar-refractivity contribution in [3.63, 3.8) is 0 Å². The molecule has 0 amide bonds. The van der Waals surface area contributed by atoms with Crippen molar-refractivity contribution < 1.29 is 4.42 Å². The van der Waals surface area contributed by atoms with Gasteiger partial charge in [-0.25, -0.2) is 9.97 Å². The Hall–Kier alpha value is -3.60. The van der Waals surface area contributed by atoms with Crippen LogP contribution in [-0.2, 0) is 6.54 Å². The molecule has 5 heteroatoms. The predicted octanol–water partition coefficient (Wildman–Crippen LogP) is 4.75. The fourth-order valence-electron chi connectivity index (χ4n) is 3.14. The minimum Gasteiger partial charge on any atom is -0.467 e. The molecule has 3 aromatic heterocycles. The number of anilines is 1. The van der Waals surface area contributed by atoms with Crippen LogP contribution < -0.4 is 5.32 Å². The van der Waals surface area contributed by atoms with Crippen LogP contribution in [0.25, 0.3) is 28.1 Å². The molecule has 0 aliphatic heterocycles. The summed E-state index contributed by atoms with van der Waals surface area (Å²) in [5, 5.41) is 3.47. The van der Waals surface area contributed by atoms with E-state index in [1.54, 1.807) is 6.26 Å². The number of nitrogens with one attached hydrogen (secondary N) is 1. The SMILES string of the molecule is c1ccc(-c2cc(NCc3ccco3)n3c(n2)nc2ccccc23)cc1. The van der Waals surface area contributed by atoms with Crippen molar-refractivity contribution in [1.82, 2.24) is 14.4 Å². The van der Waals surface area contributed by atoms with Gasteiger partial charge in [-0.3, -0.25) is 4.40 Å². The third kappa shape index (κ3) is 2.50. The maximum Gasteiger partial charge on any atom is 0.237 e. The van der Waals surface area contributed by atoms with E-state index in [2.05, 4.69) is 29.6 Å². The number of para-hydroxylation sites is 2. The quantitative estimate of drug-likeness (QED) is 0.513. The number of imidazole rings is 1. The van der Waals surface area contributed by atoms with Gasteiger partial charge in [-0.05, 0) is 24.3 Å². The normalized spacial score (nSPS) is 11.2. The van der Waals surface area contributed by atoms with Gasteiger partial charge >= 0.3 is 0 Å². The van der Waals surface area contributed by atoms with Crippen molar-refractivity contribution in [2.45, 2.75) is 6.54 Å². The zero-order valence-electron chi connectivity index (χ0n) is 14.0. The van der Waals surface area contributed by atoms with E-state index in [-0.39, 0.29) is 0 Å². The van der Waals surface area contributed by atoms with Crippen LogP contribution >= 0.6 is 0 Å². The zero-order chi connectivity index (χ0) is 17.3. The molecule has 2 aromatic carbocycles. The maximum absolute atomic E-state index is 5.45. The Morgan fingerprint density at radius 2 is 1.73 bits per heavy atom. The van der Waals surface area contributed by atoms with E-state index >= 15 is 0 Å². The van der Waals surface area contributed by atoms with Crippen LogP contribution in [-0.4, -0.2) is 14.4 Å². The molecule has 0 bridgehead atoms. The molecular formula is C21H16N4O. The fraction of sp³-hybridized carbons (Fsp3) is 0.0476. The zero-order valence-corrected chi connectivity index (χ0v) is 14.0. The second-order valence-electron chi connectivity index (χ2n) is 6.06. The third-order valence-electron chi connectivity index (χ3n) is 4.37. The molecule has 3 heterocycles. The van der Waals surface area contributed by atoms with Crippen molar-refractivity contribution in [3.05, 3.63) is 84.8 Å². The Labute approximate surface area is 149 Å². The summed E-state index contributed by atoms with van der Waals surface area (Å²) < 4.78 is 7.49. The minimum atomic E-state index is 0.590. The van der Waals surface area contributed by atoms with Gasteiger partial charge in [0.25, 0.3) is 0 Å². The molecule has 126 valence electrons. The Bertz CT molecular complexity index is 1180. The number of nitrogens with zero attached hydrogens (tertiary/aromatic N) is 3. The Morgan fingerprint density at radius 3 is 2.58 bits per heavy atom. The molecule has 0 radical (unpaired) electrons. The second kappa shape index (κ2) is 6.04. The summed E-state index contributed by atoms with van der Waals surface area (Å²) in [6.07, 6.45) is 1.68. The first-order chi connectivity index (χ1) is 12.9. The summed E-state index contributed by atoms with van der Waals surface area (Å²) in [5.41, 5.74) is 3.89. The van der Waals surface area contributed by atoms with Crippen LogP contribution in [0.15, 0.2) is 83.5 Å². The average molecular weight is 340 g/mol. The molecular weight excluding hydrogens is 324 g/mol. The fourth-order valence-corrected chi connectivity index (χ4v) is 3.14. The van der Waals surface area contributed by atoms with Crippen molar-refractivity contribution >= 4 is 22.6 Å². The highest BCUT2D eigenvalue weighted by Gasteiger charge is 2.12. The Morgan fingerprint density at radius 1 is 0.885 bits per heavy atom. The van der Waals surface area contributed by atoms with E-state index < -0.39 is 0 Å². The average Bonchev–Trinajstić information content (AvgIpc) is 3.34. The van der Waals surface area contributed by atoms with Crippen molar-refractivity contribution in [1.29, 1.82) is 0 Å². The molecule has 0 spiro atoms. The lowest BCUT2D eigenvalue weighted by Gasteiger charge is -2.11. The van der Waals surface area contributed by atoms with Crippen LogP contribution in [0.3, 0.4) is 0 Å². The first kappa shape index (κ1) is 14.7. The van der Waals surface area contributed by atoms with E-state index in [0.29, 0.717) is 12.3 Å². The molecule has 26 heavy (non-hydrogen) atoms. The number of aromatic nitrogens is 3. The molecule has 5 aromatic rings. The molecule has 0 aliphatic rings. The van der Waals surface area contributed by atoms with Crippen LogP contribution in [0.1, 0.15) is 5.76 Å². The second-order valence-corrected chi connectivity index (χ2v) is 6.06. The summed E-state index contributed by atoms with van der Waals surface area (Å²) >= 11 is 0. The van der Waals surface area contributed by atoms with E-state index in [0.717, 1.165) is 33.9 Å². The van der Waals surface area contributed by atoms with Gasteiger partial charge in [-0.2, -0.15) is 0 Å². The molecule has 0 saturated heterocycles. The molecule has 0 fully saturated rings. The van der Waals surface area contributed by atoms with Crippen molar-refractivity contribution in [3.8, 4) is 11.3 Å². The molecule has 1 N–H and O–H groups in total. The van der Waals surface area contributed by atoms with Gasteiger partial charge in [0.1, 0.15) is 11.6 Å². The van der Waals surface area contributed by atoms with Gasteiger partial charge < -0.3 is 9.73 Å². The molecule has 5 rings (SSSR count). The first-order valence-corrected chi connectivity index (χ1v) is 8.48. The van der Waals surface area contributed by atoms with E-state index in [1.165, 1.54) is 0 Å². The van der Waals surface area contributed by atoms with Crippen LogP contribution in [0.4, 0.5) is 5.82 Å². The molecule has 0 atom stereocenters. The van der Waals surface area contributed by atoms with Crippen molar-refractivity contribution in [2.24, 2.45) is 0 Å². The third-order valence-corrected chi connectivity index (χ3v) is 4.37. The standard InChI is InChI=1S/C21H16N4O/c1-2-7-15(8-3-1)18-13-20(22-14-16-9-6-12-26-16)25-19-11-5-4-10-17(19)23-21(25)24-18/h1-13,22H,14H2. The molecule has 0 aliphatic carbocycles. The monoisotopic (exact) mass is 340 g/mol. The number of fused-ring (bicyclic) bond motifs is 3. The summed E-state index contributed by atoms with van der Waals surface area (Å²) in [7, 11) is 0. The predicted molar refractivity (Wildman–Crippen MR) is 102 cm³/mol. The number of hydrogen-bond acceptors (Lipinski definition) is 4. The highest BCUT2D eigenvalue weighted by atomic mass is 16.3. The largest absolute Gasteiger partial charge is 0.467 e. The lowest BCUT2D eigenvalue weighted by molar-refractivity contribution is 0.517. The highest BCUT2D eigenvalue weighted by Crippen LogP contribution is 2.26. The van der Waals surface area contributed by atoms with Crippen LogP contribution in [0.2, 0.25) is 0 Å². The number of hydrogen-bond donors (Lipinski definition) is 1. The smallest absolute Gasteiger partial charge is 0.237 e. The van der Waals surface area contributed by atoms with Gasteiger partial charge in [0.15, 0.2) is 0 Å². The van der Waals surface area contributed by atoms with Crippen molar-refractivity contribution in [2.75, 3.05) is 5.32 Å². The first-order valence-electron chi connectivity index (χ1n) is 8.48. The summed E-state index contributed by atoms with van der Waals surface area (Å²) in [5.74, 6) is 2.48. The highest BCUT2D eigenvalue weighted by molar-refractivity contribution is 5.82. The molecule has 5 nitrogen and oxygen atoms in total. The number of furan rings is 1. The summed E-state index contributed by atoms with van der Waals surface area (Å²) in [6, 6.07) is 24.1. The number of rotatable bonds is 4. The van der Waals surface area contributed by atoms with Crippen LogP contribution in [0, 0.1) is 0 Å². The summed E-state index contributed by atoms with van der Waals surface area (Å²) in [6.45, 7) is 0.590. The minimum absolute atomic E-state index is 0.590. The van der Waals surface area contributed by atoms with Gasteiger partial charge in [-0.1, -0.05) is 42.5 Å². The van der Waals surface area contributed by atoms with E-state index in [4.69, 9.17) is 14.4 Å². The van der Waals surface area contributed by atoms with Gasteiger partial charge in [0.05, 0.1) is 29.5 Å². The van der Waals surface area contributed by atoms with E-state index in [9.17, 15) is 0 Å². The van der Waals surface area contributed by atoms with E-state index in [1.807, 2.05) is 52.9 Å². The maximum atomic E-state index is 5.45. The van der Waals surface area contributed by atoms with Gasteiger partial charge in [0.2, 0.25) is 5.78 Å². The molecule has 0 unspecified atom stereocenters. The van der Waals surface area contributed by atoms with Gasteiger partial charge in [-0.15, -0.1) is 0 Å². The lowest BCUT2D eigenvalue weighted by Crippen LogP contribution is -2.05. The van der Waals surface area contributed by atoms with Crippen LogP contribution in [0.5, 0.6) is 0 Å². The topological polar surface area (TPSA) is 55.4 Å².